The van der Waals surface area contributed by atoms with Crippen molar-refractivity contribution in [1.29, 1.82) is 0 Å². The summed E-state index contributed by atoms with van der Waals surface area (Å²) in [6.07, 6.45) is 10.2. The zero-order valence-electron chi connectivity index (χ0n) is 11.5. The third kappa shape index (κ3) is 7.35. The first-order valence-electron chi connectivity index (χ1n) is 6.70. The highest BCUT2D eigenvalue weighted by atomic mass is 16.7. The van der Waals surface area contributed by atoms with Crippen molar-refractivity contribution in [2.45, 2.75) is 59.2 Å². The maximum absolute atomic E-state index is 5.67. The molecule has 0 unspecified atom stereocenters. The first-order valence-corrected chi connectivity index (χ1v) is 6.70. The van der Waals surface area contributed by atoms with Crippen LogP contribution in [-0.4, -0.2) is 19.5 Å². The summed E-state index contributed by atoms with van der Waals surface area (Å²) >= 11 is 0. The van der Waals surface area contributed by atoms with Crippen LogP contribution < -0.4 is 0 Å². The second-order valence-corrected chi connectivity index (χ2v) is 5.00. The lowest BCUT2D eigenvalue weighted by molar-refractivity contribution is -0.155. The summed E-state index contributed by atoms with van der Waals surface area (Å²) in [6, 6.07) is 0. The molecule has 1 aliphatic heterocycles. The number of allylic oxidation sites excluding steroid dienone is 3. The van der Waals surface area contributed by atoms with E-state index in [4.69, 9.17) is 9.47 Å². The van der Waals surface area contributed by atoms with Crippen molar-refractivity contribution < 1.29 is 9.47 Å². The van der Waals surface area contributed by atoms with Gasteiger partial charge in [-0.3, -0.25) is 0 Å². The smallest absolute Gasteiger partial charge is 0.157 e. The normalized spacial score (nSPS) is 21.4. The fourth-order valence-corrected chi connectivity index (χ4v) is 1.83. The Kier molecular flexibility index (Phi) is 7.22. The van der Waals surface area contributed by atoms with E-state index in [1.807, 2.05) is 0 Å². The van der Waals surface area contributed by atoms with Crippen molar-refractivity contribution in [3.05, 3.63) is 23.3 Å². The van der Waals surface area contributed by atoms with Gasteiger partial charge in [0.2, 0.25) is 0 Å². The average molecular weight is 238 g/mol. The Bertz CT molecular complexity index is 256. The van der Waals surface area contributed by atoms with Crippen LogP contribution in [0.3, 0.4) is 0 Å². The first-order chi connectivity index (χ1) is 8.18. The van der Waals surface area contributed by atoms with Gasteiger partial charge in [0.15, 0.2) is 6.29 Å². The molecule has 1 fully saturated rings. The average Bonchev–Trinajstić information content (AvgIpc) is 2.30. The van der Waals surface area contributed by atoms with E-state index < -0.39 is 0 Å². The highest BCUT2D eigenvalue weighted by molar-refractivity contribution is 5.02. The van der Waals surface area contributed by atoms with Crippen molar-refractivity contribution in [3.8, 4) is 0 Å². The summed E-state index contributed by atoms with van der Waals surface area (Å²) in [4.78, 5) is 0. The third-order valence-corrected chi connectivity index (χ3v) is 2.94. The Morgan fingerprint density at radius 1 is 1.24 bits per heavy atom. The number of hydrogen-bond acceptors (Lipinski definition) is 2. The molecule has 0 aromatic rings. The molecule has 0 N–H and O–H groups in total. The first kappa shape index (κ1) is 14.5. The molecule has 1 heterocycles. The van der Waals surface area contributed by atoms with Gasteiger partial charge in [-0.25, -0.2) is 0 Å². The molecule has 0 radical (unpaired) electrons. The lowest BCUT2D eigenvalue weighted by atomic mass is 10.1. The summed E-state index contributed by atoms with van der Waals surface area (Å²) in [7, 11) is 0. The van der Waals surface area contributed by atoms with Gasteiger partial charge in [-0.1, -0.05) is 23.3 Å². The van der Waals surface area contributed by atoms with Crippen LogP contribution in [0.2, 0.25) is 0 Å². The van der Waals surface area contributed by atoms with Crippen LogP contribution in [-0.2, 0) is 9.47 Å². The van der Waals surface area contributed by atoms with E-state index in [2.05, 4.69) is 32.9 Å². The van der Waals surface area contributed by atoms with Gasteiger partial charge in [-0.05, 0) is 52.9 Å². The third-order valence-electron chi connectivity index (χ3n) is 2.94. The minimum absolute atomic E-state index is 0.0329. The molecule has 0 aliphatic carbocycles. The molecule has 0 bridgehead atoms. The molecule has 2 nitrogen and oxygen atoms in total. The summed E-state index contributed by atoms with van der Waals surface area (Å²) in [5.74, 6) is 0. The molecule has 0 spiro atoms. The van der Waals surface area contributed by atoms with Crippen molar-refractivity contribution >= 4 is 0 Å². The molecule has 1 rings (SSSR count). The lowest BCUT2D eigenvalue weighted by Gasteiger charge is -2.22. The fourth-order valence-electron chi connectivity index (χ4n) is 1.83. The zero-order chi connectivity index (χ0) is 12.5. The van der Waals surface area contributed by atoms with E-state index in [0.717, 1.165) is 25.9 Å². The van der Waals surface area contributed by atoms with Crippen LogP contribution in [0.25, 0.3) is 0 Å². The Labute approximate surface area is 106 Å². The molecular weight excluding hydrogens is 212 g/mol. The van der Waals surface area contributed by atoms with Crippen LogP contribution in [0.4, 0.5) is 0 Å². The van der Waals surface area contributed by atoms with E-state index >= 15 is 0 Å². The van der Waals surface area contributed by atoms with Crippen molar-refractivity contribution in [3.63, 3.8) is 0 Å². The van der Waals surface area contributed by atoms with E-state index in [-0.39, 0.29) is 6.29 Å². The molecule has 0 amide bonds. The second kappa shape index (κ2) is 8.48. The molecule has 98 valence electrons. The lowest BCUT2D eigenvalue weighted by Crippen LogP contribution is -2.22. The largest absolute Gasteiger partial charge is 0.353 e. The monoisotopic (exact) mass is 238 g/mol. The number of rotatable bonds is 6. The minimum atomic E-state index is 0.0329. The maximum atomic E-state index is 5.67. The van der Waals surface area contributed by atoms with Gasteiger partial charge < -0.3 is 9.47 Å². The van der Waals surface area contributed by atoms with Crippen molar-refractivity contribution in [2.75, 3.05) is 13.2 Å². The highest BCUT2D eigenvalue weighted by Crippen LogP contribution is 2.14. The molecule has 0 aromatic heterocycles. The summed E-state index contributed by atoms with van der Waals surface area (Å²) < 4.78 is 11.2. The maximum Gasteiger partial charge on any atom is 0.157 e. The van der Waals surface area contributed by atoms with Gasteiger partial charge in [0.1, 0.15) is 0 Å². The predicted octanol–water partition coefficient (Wildman–Crippen LogP) is 4.22. The molecule has 17 heavy (non-hydrogen) atoms. The standard InChI is InChI=1S/C15H26O2/c1-13(2)7-6-8-14(3)10-12-17-15-9-4-5-11-16-15/h7,10,15H,4-6,8-9,11-12H2,1-3H3/b14-10+/t15-/m1/s1. The number of hydrogen-bond donors (Lipinski definition) is 0. The minimum Gasteiger partial charge on any atom is -0.353 e. The van der Waals surface area contributed by atoms with Crippen LogP contribution >= 0.6 is 0 Å². The van der Waals surface area contributed by atoms with E-state index in [0.29, 0.717) is 6.61 Å². The van der Waals surface area contributed by atoms with Gasteiger partial charge in [-0.2, -0.15) is 0 Å². The molecule has 1 atom stereocenters. The topological polar surface area (TPSA) is 18.5 Å². The van der Waals surface area contributed by atoms with Gasteiger partial charge in [0, 0.05) is 6.61 Å². The van der Waals surface area contributed by atoms with Gasteiger partial charge in [0.05, 0.1) is 6.61 Å². The summed E-state index contributed by atoms with van der Waals surface area (Å²) in [6.45, 7) is 7.99. The molecule has 0 saturated carbocycles. The predicted molar refractivity (Wildman–Crippen MR) is 72.0 cm³/mol. The quantitative estimate of drug-likeness (QED) is 0.645. The van der Waals surface area contributed by atoms with E-state index in [9.17, 15) is 0 Å². The Balaban J connectivity index is 2.12. The highest BCUT2D eigenvalue weighted by Gasteiger charge is 2.12. The Hall–Kier alpha value is -0.600. The molecular formula is C15H26O2. The van der Waals surface area contributed by atoms with Gasteiger partial charge in [0.25, 0.3) is 0 Å². The zero-order valence-corrected chi connectivity index (χ0v) is 11.5. The van der Waals surface area contributed by atoms with Crippen LogP contribution in [0.1, 0.15) is 52.9 Å². The molecule has 1 aliphatic rings. The van der Waals surface area contributed by atoms with Crippen molar-refractivity contribution in [1.82, 2.24) is 0 Å². The Morgan fingerprint density at radius 2 is 2.06 bits per heavy atom. The van der Waals surface area contributed by atoms with Gasteiger partial charge >= 0.3 is 0 Å². The molecule has 0 aromatic carbocycles. The fraction of sp³-hybridized carbons (Fsp3) is 0.733. The van der Waals surface area contributed by atoms with Gasteiger partial charge in [-0.15, -0.1) is 0 Å². The SMILES string of the molecule is CC(C)=CCC/C(C)=C/CO[C@@H]1CCCCO1. The van der Waals surface area contributed by atoms with Crippen LogP contribution in [0.15, 0.2) is 23.3 Å². The van der Waals surface area contributed by atoms with E-state index in [1.54, 1.807) is 0 Å². The number of ether oxygens (including phenoxy) is 2. The summed E-state index contributed by atoms with van der Waals surface area (Å²) in [5, 5.41) is 0. The molecule has 2 heteroatoms. The van der Waals surface area contributed by atoms with Crippen LogP contribution in [0.5, 0.6) is 0 Å². The molecule has 1 saturated heterocycles. The van der Waals surface area contributed by atoms with Crippen LogP contribution in [0, 0.1) is 0 Å². The second-order valence-electron chi connectivity index (χ2n) is 5.00. The Morgan fingerprint density at radius 3 is 2.71 bits per heavy atom. The summed E-state index contributed by atoms with van der Waals surface area (Å²) in [5.41, 5.74) is 2.79. The van der Waals surface area contributed by atoms with Crippen molar-refractivity contribution in [2.24, 2.45) is 0 Å². The van der Waals surface area contributed by atoms with E-state index in [1.165, 1.54) is 24.0 Å².